The first-order valence-corrected chi connectivity index (χ1v) is 6.61. The quantitative estimate of drug-likeness (QED) is 0.863. The van der Waals surface area contributed by atoms with E-state index in [4.69, 9.17) is 10.5 Å². The van der Waals surface area contributed by atoms with Crippen LogP contribution in [0, 0.1) is 0 Å². The van der Waals surface area contributed by atoms with E-state index in [0.717, 1.165) is 25.1 Å². The van der Waals surface area contributed by atoms with Gasteiger partial charge in [0.15, 0.2) is 0 Å². The second-order valence-electron chi connectivity index (χ2n) is 4.72. The minimum atomic E-state index is 0.0987. The summed E-state index contributed by atoms with van der Waals surface area (Å²) in [5, 5.41) is 4.26. The molecular formula is C15H21N3O. The minimum Gasteiger partial charge on any atom is -0.497 e. The van der Waals surface area contributed by atoms with Crippen LogP contribution in [0.5, 0.6) is 5.75 Å². The number of aromatic nitrogens is 2. The number of rotatable bonds is 6. The summed E-state index contributed by atoms with van der Waals surface area (Å²) in [5.74, 6) is 0.878. The van der Waals surface area contributed by atoms with E-state index in [1.165, 1.54) is 11.1 Å². The van der Waals surface area contributed by atoms with Gasteiger partial charge >= 0.3 is 0 Å². The van der Waals surface area contributed by atoms with E-state index in [9.17, 15) is 0 Å². The molecule has 0 bridgehead atoms. The molecule has 0 saturated heterocycles. The Hall–Kier alpha value is -1.81. The third-order valence-corrected chi connectivity index (χ3v) is 3.14. The molecular weight excluding hydrogens is 238 g/mol. The van der Waals surface area contributed by atoms with E-state index >= 15 is 0 Å². The Balaban J connectivity index is 1.94. The lowest BCUT2D eigenvalue weighted by molar-refractivity contribution is 0.414. The number of benzene rings is 1. The van der Waals surface area contributed by atoms with Crippen molar-refractivity contribution in [1.29, 1.82) is 0 Å². The third-order valence-electron chi connectivity index (χ3n) is 3.14. The first-order valence-electron chi connectivity index (χ1n) is 6.61. The number of nitrogens with zero attached hydrogens (tertiary/aromatic N) is 2. The molecule has 1 unspecified atom stereocenters. The van der Waals surface area contributed by atoms with Crippen molar-refractivity contribution in [3.05, 3.63) is 47.8 Å². The Morgan fingerprint density at radius 2 is 2.11 bits per heavy atom. The predicted molar refractivity (Wildman–Crippen MR) is 76.3 cm³/mol. The summed E-state index contributed by atoms with van der Waals surface area (Å²) in [6.07, 6.45) is 5.64. The Labute approximate surface area is 114 Å². The third kappa shape index (κ3) is 3.83. The average Bonchev–Trinajstić information content (AvgIpc) is 2.86. The lowest BCUT2D eigenvalue weighted by atomic mass is 10.0. The molecule has 0 aliphatic rings. The van der Waals surface area contributed by atoms with Gasteiger partial charge in [-0.25, -0.2) is 0 Å². The summed E-state index contributed by atoms with van der Waals surface area (Å²) in [4.78, 5) is 0. The van der Waals surface area contributed by atoms with Crippen LogP contribution >= 0.6 is 0 Å². The number of hydrogen-bond donors (Lipinski definition) is 1. The van der Waals surface area contributed by atoms with Gasteiger partial charge in [-0.05, 0) is 43.0 Å². The molecule has 0 spiro atoms. The smallest absolute Gasteiger partial charge is 0.119 e. The zero-order chi connectivity index (χ0) is 13.7. The summed E-state index contributed by atoms with van der Waals surface area (Å²) in [7, 11) is 1.68. The maximum absolute atomic E-state index is 6.20. The Bertz CT molecular complexity index is 522. The topological polar surface area (TPSA) is 53.1 Å². The monoisotopic (exact) mass is 259 g/mol. The fourth-order valence-corrected chi connectivity index (χ4v) is 2.16. The Kier molecular flexibility index (Phi) is 4.58. The molecule has 0 radical (unpaired) electrons. The SMILES string of the molecule is CCn1cc(CC(N)Cc2cccc(OC)c2)cn1. The number of aryl methyl sites for hydroxylation is 1. The molecule has 19 heavy (non-hydrogen) atoms. The van der Waals surface area contributed by atoms with Gasteiger partial charge < -0.3 is 10.5 Å². The minimum absolute atomic E-state index is 0.0987. The fourth-order valence-electron chi connectivity index (χ4n) is 2.16. The molecule has 0 aliphatic carbocycles. The van der Waals surface area contributed by atoms with Crippen molar-refractivity contribution in [3.8, 4) is 5.75 Å². The normalized spacial score (nSPS) is 12.4. The predicted octanol–water partition coefficient (Wildman–Crippen LogP) is 2.02. The van der Waals surface area contributed by atoms with Gasteiger partial charge in [0.25, 0.3) is 0 Å². The zero-order valence-corrected chi connectivity index (χ0v) is 11.5. The molecule has 1 aromatic carbocycles. The molecule has 0 saturated carbocycles. The largest absolute Gasteiger partial charge is 0.497 e. The summed E-state index contributed by atoms with van der Waals surface area (Å²) in [6.45, 7) is 2.97. The van der Waals surface area contributed by atoms with Gasteiger partial charge in [0.2, 0.25) is 0 Å². The average molecular weight is 259 g/mol. The van der Waals surface area contributed by atoms with Crippen LogP contribution in [0.2, 0.25) is 0 Å². The van der Waals surface area contributed by atoms with Crippen LogP contribution in [0.15, 0.2) is 36.7 Å². The van der Waals surface area contributed by atoms with Crippen molar-refractivity contribution in [3.63, 3.8) is 0 Å². The summed E-state index contributed by atoms with van der Waals surface area (Å²) in [6, 6.07) is 8.16. The van der Waals surface area contributed by atoms with E-state index in [1.807, 2.05) is 29.1 Å². The Morgan fingerprint density at radius 3 is 2.79 bits per heavy atom. The standard InChI is InChI=1S/C15H21N3O/c1-3-18-11-13(10-17-18)8-14(16)7-12-5-4-6-15(9-12)19-2/h4-6,9-11,14H,3,7-8,16H2,1-2H3. The molecule has 2 aromatic rings. The number of hydrogen-bond acceptors (Lipinski definition) is 3. The number of nitrogens with two attached hydrogens (primary N) is 1. The Morgan fingerprint density at radius 1 is 1.32 bits per heavy atom. The van der Waals surface area contributed by atoms with Crippen molar-refractivity contribution in [2.24, 2.45) is 5.73 Å². The molecule has 2 rings (SSSR count). The lowest BCUT2D eigenvalue weighted by Gasteiger charge is -2.11. The maximum Gasteiger partial charge on any atom is 0.119 e. The summed E-state index contributed by atoms with van der Waals surface area (Å²) in [5.41, 5.74) is 8.60. The lowest BCUT2D eigenvalue weighted by Crippen LogP contribution is -2.25. The van der Waals surface area contributed by atoms with Crippen LogP contribution in [0.3, 0.4) is 0 Å². The van der Waals surface area contributed by atoms with Crippen LogP contribution in [0.4, 0.5) is 0 Å². The molecule has 0 amide bonds. The van der Waals surface area contributed by atoms with E-state index in [0.29, 0.717) is 0 Å². The van der Waals surface area contributed by atoms with E-state index in [1.54, 1.807) is 7.11 Å². The first-order chi connectivity index (χ1) is 9.21. The summed E-state index contributed by atoms with van der Waals surface area (Å²) >= 11 is 0. The fraction of sp³-hybridized carbons (Fsp3) is 0.400. The van der Waals surface area contributed by atoms with Crippen molar-refractivity contribution >= 4 is 0 Å². The molecule has 0 aliphatic heterocycles. The molecule has 0 fully saturated rings. The van der Waals surface area contributed by atoms with Gasteiger partial charge in [0, 0.05) is 18.8 Å². The van der Waals surface area contributed by atoms with Crippen molar-refractivity contribution < 1.29 is 4.74 Å². The van der Waals surface area contributed by atoms with Crippen LogP contribution in [-0.2, 0) is 19.4 Å². The van der Waals surface area contributed by atoms with Crippen molar-refractivity contribution in [1.82, 2.24) is 9.78 Å². The molecule has 102 valence electrons. The van der Waals surface area contributed by atoms with Gasteiger partial charge in [0.05, 0.1) is 13.3 Å². The van der Waals surface area contributed by atoms with E-state index in [2.05, 4.69) is 24.3 Å². The highest BCUT2D eigenvalue weighted by molar-refractivity contribution is 5.29. The van der Waals surface area contributed by atoms with Crippen molar-refractivity contribution in [2.45, 2.75) is 32.4 Å². The van der Waals surface area contributed by atoms with Gasteiger partial charge in [0.1, 0.15) is 5.75 Å². The number of ether oxygens (including phenoxy) is 1. The maximum atomic E-state index is 6.20. The highest BCUT2D eigenvalue weighted by Crippen LogP contribution is 2.14. The molecule has 1 aromatic heterocycles. The van der Waals surface area contributed by atoms with Gasteiger partial charge in [-0.15, -0.1) is 0 Å². The first kappa shape index (κ1) is 13.6. The molecule has 4 nitrogen and oxygen atoms in total. The zero-order valence-electron chi connectivity index (χ0n) is 11.5. The van der Waals surface area contributed by atoms with Crippen LogP contribution in [-0.4, -0.2) is 22.9 Å². The second kappa shape index (κ2) is 6.38. The molecule has 1 atom stereocenters. The second-order valence-corrected chi connectivity index (χ2v) is 4.72. The summed E-state index contributed by atoms with van der Waals surface area (Å²) < 4.78 is 7.14. The number of methoxy groups -OCH3 is 1. The van der Waals surface area contributed by atoms with Crippen molar-refractivity contribution in [2.75, 3.05) is 7.11 Å². The highest BCUT2D eigenvalue weighted by Gasteiger charge is 2.08. The van der Waals surface area contributed by atoms with Gasteiger partial charge in [-0.3, -0.25) is 4.68 Å². The van der Waals surface area contributed by atoms with Crippen LogP contribution < -0.4 is 10.5 Å². The highest BCUT2D eigenvalue weighted by atomic mass is 16.5. The van der Waals surface area contributed by atoms with E-state index < -0.39 is 0 Å². The van der Waals surface area contributed by atoms with Gasteiger partial charge in [-0.1, -0.05) is 12.1 Å². The van der Waals surface area contributed by atoms with Crippen LogP contribution in [0.1, 0.15) is 18.1 Å². The van der Waals surface area contributed by atoms with Gasteiger partial charge in [-0.2, -0.15) is 5.10 Å². The molecule has 1 heterocycles. The van der Waals surface area contributed by atoms with Crippen LogP contribution in [0.25, 0.3) is 0 Å². The molecule has 4 heteroatoms. The molecule has 2 N–H and O–H groups in total. The van der Waals surface area contributed by atoms with E-state index in [-0.39, 0.29) is 6.04 Å².